The largest absolute Gasteiger partial charge is 0.287 e. The van der Waals surface area contributed by atoms with Crippen LogP contribution in [0, 0.1) is 27.7 Å². The van der Waals surface area contributed by atoms with Crippen LogP contribution in [0.1, 0.15) is 54.1 Å². The zero-order chi connectivity index (χ0) is 25.7. The maximum atomic E-state index is 13.5. The van der Waals surface area contributed by atoms with Crippen LogP contribution in [0.2, 0.25) is 0 Å². The minimum absolute atomic E-state index is 0.181. The molecule has 0 aliphatic rings. The second-order valence-electron chi connectivity index (χ2n) is 9.02. The van der Waals surface area contributed by atoms with Crippen LogP contribution in [-0.4, -0.2) is 23.0 Å². The fraction of sp³-hybridized carbons (Fsp3) is 0.125. The molecule has 0 spiro atoms. The van der Waals surface area contributed by atoms with E-state index in [1.54, 1.807) is 24.3 Å². The normalized spacial score (nSPS) is 11.9. The number of carbonyl (C=O) groups is 2. The lowest BCUT2D eigenvalue weighted by atomic mass is 9.99. The van der Waals surface area contributed by atoms with Gasteiger partial charge in [-0.2, -0.15) is 0 Å². The van der Waals surface area contributed by atoms with Gasteiger partial charge in [-0.25, -0.2) is 0 Å². The number of aryl methyl sites for hydroxylation is 4. The average Bonchev–Trinajstić information content (AvgIpc) is 2.88. The van der Waals surface area contributed by atoms with Gasteiger partial charge in [-0.1, -0.05) is 119 Å². The van der Waals surface area contributed by atoms with Crippen molar-refractivity contribution in [1.82, 2.24) is 0 Å². The molecule has 0 amide bonds. The van der Waals surface area contributed by atoms with Crippen molar-refractivity contribution < 1.29 is 9.59 Å². The second-order valence-corrected chi connectivity index (χ2v) is 9.02. The molecule has 0 aliphatic carbocycles. The zero-order valence-electron chi connectivity index (χ0n) is 20.9. The molecule has 4 rings (SSSR count). The Morgan fingerprint density at radius 3 is 0.861 bits per heavy atom. The van der Waals surface area contributed by atoms with E-state index in [2.05, 4.69) is 10.2 Å². The fourth-order valence-electron chi connectivity index (χ4n) is 3.67. The molecule has 4 aromatic carbocycles. The second kappa shape index (κ2) is 10.9. The van der Waals surface area contributed by atoms with Gasteiger partial charge in [-0.15, -0.1) is 10.2 Å². The Balaban J connectivity index is 1.86. The van der Waals surface area contributed by atoms with Crippen LogP contribution < -0.4 is 0 Å². The summed E-state index contributed by atoms with van der Waals surface area (Å²) in [6, 6.07) is 29.8. The molecule has 0 unspecified atom stereocenters. The number of nitrogens with zero attached hydrogens (tertiary/aromatic N) is 2. The average molecular weight is 473 g/mol. The highest BCUT2D eigenvalue weighted by atomic mass is 16.1. The van der Waals surface area contributed by atoms with Crippen molar-refractivity contribution in [2.45, 2.75) is 27.7 Å². The van der Waals surface area contributed by atoms with Gasteiger partial charge in [-0.05, 0) is 27.7 Å². The van der Waals surface area contributed by atoms with Crippen molar-refractivity contribution in [2.24, 2.45) is 10.2 Å². The highest BCUT2D eigenvalue weighted by Gasteiger charge is 2.20. The van der Waals surface area contributed by atoms with Gasteiger partial charge in [0.1, 0.15) is 11.4 Å². The molecule has 0 aliphatic heterocycles. The molecule has 0 heterocycles. The Morgan fingerprint density at radius 2 is 0.611 bits per heavy atom. The maximum Gasteiger partial charge on any atom is 0.213 e. The van der Waals surface area contributed by atoms with Crippen molar-refractivity contribution in [1.29, 1.82) is 0 Å². The molecule has 4 heteroatoms. The third kappa shape index (κ3) is 5.78. The molecule has 0 radical (unpaired) electrons. The van der Waals surface area contributed by atoms with Crippen molar-refractivity contribution in [3.8, 4) is 0 Å². The Morgan fingerprint density at radius 1 is 0.389 bits per heavy atom. The molecule has 0 fully saturated rings. The Labute approximate surface area is 212 Å². The first-order valence-electron chi connectivity index (χ1n) is 11.8. The topological polar surface area (TPSA) is 58.9 Å². The van der Waals surface area contributed by atoms with E-state index in [9.17, 15) is 9.59 Å². The first kappa shape index (κ1) is 24.7. The molecule has 0 atom stereocenters. The standard InChI is InChI=1S/C32H28N2O2/c1-21-5-13-25(14-6-21)29(31(35)27-17-9-23(3)10-18-27)33-34-30(26-15-7-22(2)8-16-26)32(36)28-19-11-24(4)12-20-28/h5-20H,1-4H3/b33-29-,34-30-. The molecule has 0 aromatic heterocycles. The van der Waals surface area contributed by atoms with E-state index < -0.39 is 0 Å². The molecule has 36 heavy (non-hydrogen) atoms. The van der Waals surface area contributed by atoms with Crippen LogP contribution >= 0.6 is 0 Å². The van der Waals surface area contributed by atoms with E-state index in [0.717, 1.165) is 22.3 Å². The molecule has 0 saturated carbocycles. The molecule has 178 valence electrons. The van der Waals surface area contributed by atoms with Crippen LogP contribution in [0.25, 0.3) is 0 Å². The van der Waals surface area contributed by atoms with Gasteiger partial charge in [0.25, 0.3) is 0 Å². The van der Waals surface area contributed by atoms with Gasteiger partial charge in [0, 0.05) is 22.3 Å². The van der Waals surface area contributed by atoms with Crippen LogP contribution in [0.15, 0.2) is 107 Å². The summed E-state index contributed by atoms with van der Waals surface area (Å²) in [6.45, 7) is 7.91. The number of rotatable bonds is 7. The summed E-state index contributed by atoms with van der Waals surface area (Å²) in [6.07, 6.45) is 0. The van der Waals surface area contributed by atoms with Gasteiger partial charge in [0.05, 0.1) is 0 Å². The molecule has 4 aromatic rings. The minimum Gasteiger partial charge on any atom is -0.287 e. The smallest absolute Gasteiger partial charge is 0.213 e. The van der Waals surface area contributed by atoms with Crippen molar-refractivity contribution in [3.63, 3.8) is 0 Å². The van der Waals surface area contributed by atoms with Crippen LogP contribution in [0.5, 0.6) is 0 Å². The SMILES string of the molecule is Cc1ccc(C(=O)/C(=N\N=C(/C(=O)c2ccc(C)cc2)c2ccc(C)cc2)c2ccc(C)cc2)cc1. The van der Waals surface area contributed by atoms with E-state index in [-0.39, 0.29) is 23.0 Å². The lowest BCUT2D eigenvalue weighted by Crippen LogP contribution is -2.18. The van der Waals surface area contributed by atoms with E-state index in [0.29, 0.717) is 22.3 Å². The van der Waals surface area contributed by atoms with Gasteiger partial charge < -0.3 is 0 Å². The quantitative estimate of drug-likeness (QED) is 0.167. The highest BCUT2D eigenvalue weighted by molar-refractivity contribution is 6.53. The van der Waals surface area contributed by atoms with Crippen molar-refractivity contribution in [3.05, 3.63) is 142 Å². The molecule has 4 nitrogen and oxygen atoms in total. The third-order valence-electron chi connectivity index (χ3n) is 5.96. The summed E-state index contributed by atoms with van der Waals surface area (Å²) in [5, 5.41) is 8.84. The molecule has 0 N–H and O–H groups in total. The summed E-state index contributed by atoms with van der Waals surface area (Å²) < 4.78 is 0. The number of ketones is 2. The van der Waals surface area contributed by atoms with Crippen LogP contribution in [0.3, 0.4) is 0 Å². The zero-order valence-corrected chi connectivity index (χ0v) is 20.9. The van der Waals surface area contributed by atoms with E-state index in [1.165, 1.54) is 0 Å². The lowest BCUT2D eigenvalue weighted by molar-refractivity contribution is 0.105. The number of benzene rings is 4. The van der Waals surface area contributed by atoms with Crippen molar-refractivity contribution >= 4 is 23.0 Å². The fourth-order valence-corrected chi connectivity index (χ4v) is 3.67. The Hall–Kier alpha value is -4.44. The summed E-state index contributed by atoms with van der Waals surface area (Å²) in [7, 11) is 0. The molecular weight excluding hydrogens is 444 g/mol. The first-order valence-corrected chi connectivity index (χ1v) is 11.8. The highest BCUT2D eigenvalue weighted by Crippen LogP contribution is 2.15. The summed E-state index contributed by atoms with van der Waals surface area (Å²) in [4.78, 5) is 27.1. The predicted octanol–water partition coefficient (Wildman–Crippen LogP) is 6.88. The lowest BCUT2D eigenvalue weighted by Gasteiger charge is -2.08. The van der Waals surface area contributed by atoms with Gasteiger partial charge in [0.15, 0.2) is 0 Å². The maximum absolute atomic E-state index is 13.5. The number of hydrogen-bond donors (Lipinski definition) is 0. The van der Waals surface area contributed by atoms with Gasteiger partial charge in [0.2, 0.25) is 11.6 Å². The minimum atomic E-state index is -0.256. The summed E-state index contributed by atoms with van der Waals surface area (Å²) in [5.41, 5.74) is 6.92. The molecule has 0 saturated heterocycles. The first-order chi connectivity index (χ1) is 17.3. The Kier molecular flexibility index (Phi) is 7.45. The summed E-state index contributed by atoms with van der Waals surface area (Å²) in [5.74, 6) is -0.512. The Bertz CT molecular complexity index is 1330. The van der Waals surface area contributed by atoms with E-state index >= 15 is 0 Å². The summed E-state index contributed by atoms with van der Waals surface area (Å²) >= 11 is 0. The van der Waals surface area contributed by atoms with Gasteiger partial charge in [-0.3, -0.25) is 9.59 Å². The van der Waals surface area contributed by atoms with Gasteiger partial charge >= 0.3 is 0 Å². The third-order valence-corrected chi connectivity index (χ3v) is 5.96. The molecular formula is C32H28N2O2. The number of hydrogen-bond acceptors (Lipinski definition) is 4. The van der Waals surface area contributed by atoms with E-state index in [4.69, 9.17) is 0 Å². The van der Waals surface area contributed by atoms with Crippen molar-refractivity contribution in [2.75, 3.05) is 0 Å². The van der Waals surface area contributed by atoms with E-state index in [1.807, 2.05) is 100 Å². The van der Waals surface area contributed by atoms with Crippen LogP contribution in [-0.2, 0) is 0 Å². The monoisotopic (exact) mass is 472 g/mol. The predicted molar refractivity (Wildman–Crippen MR) is 146 cm³/mol. The number of Topliss-reactive ketones (excluding diaryl/α,β-unsaturated/α-hetero) is 2. The number of carbonyl (C=O) groups excluding carboxylic acids is 2. The van der Waals surface area contributed by atoms with Crippen LogP contribution in [0.4, 0.5) is 0 Å². The molecule has 0 bridgehead atoms.